The molecule has 4 aromatic rings. The fourth-order valence-corrected chi connectivity index (χ4v) is 4.00. The zero-order valence-electron chi connectivity index (χ0n) is 19.4. The number of carbonyl (C=O) groups excluding carboxylic acids is 1. The molecule has 5 nitrogen and oxygen atoms in total. The van der Waals surface area contributed by atoms with E-state index in [0.717, 1.165) is 23.2 Å². The van der Waals surface area contributed by atoms with Gasteiger partial charge in [-0.25, -0.2) is 4.98 Å². The quantitative estimate of drug-likeness (QED) is 0.339. The first kappa shape index (κ1) is 23.5. The second kappa shape index (κ2) is 10.5. The van der Waals surface area contributed by atoms with Crippen molar-refractivity contribution in [3.05, 3.63) is 101 Å². The topological polar surface area (TPSA) is 54.5 Å². The van der Waals surface area contributed by atoms with Crippen molar-refractivity contribution in [3.8, 4) is 28.1 Å². The van der Waals surface area contributed by atoms with Gasteiger partial charge in [-0.05, 0) is 60.6 Å². The number of halogens is 1. The largest absolute Gasteiger partial charge is 0.481 e. The summed E-state index contributed by atoms with van der Waals surface area (Å²) in [4.78, 5) is 19.1. The summed E-state index contributed by atoms with van der Waals surface area (Å²) in [7, 11) is 5.68. The van der Waals surface area contributed by atoms with Gasteiger partial charge in [0, 0.05) is 28.8 Å². The van der Waals surface area contributed by atoms with E-state index in [1.165, 1.54) is 11.1 Å². The molecule has 0 aliphatic rings. The molecule has 0 radical (unpaired) electrons. The van der Waals surface area contributed by atoms with Gasteiger partial charge in [-0.2, -0.15) is 0 Å². The summed E-state index contributed by atoms with van der Waals surface area (Å²) in [6, 6.07) is 25.4. The van der Waals surface area contributed by atoms with Crippen LogP contribution in [0.25, 0.3) is 22.3 Å². The molecule has 0 saturated carbocycles. The lowest BCUT2D eigenvalue weighted by atomic mass is 9.96. The summed E-state index contributed by atoms with van der Waals surface area (Å²) < 4.78 is 5.06. The van der Waals surface area contributed by atoms with Crippen LogP contribution in [0.2, 0.25) is 5.02 Å². The molecule has 1 heterocycles. The van der Waals surface area contributed by atoms with E-state index in [9.17, 15) is 4.79 Å². The fraction of sp³-hybridized carbons (Fsp3) is 0.143. The van der Waals surface area contributed by atoms with Crippen molar-refractivity contribution in [2.45, 2.75) is 6.54 Å². The molecule has 0 bridgehead atoms. The first-order chi connectivity index (χ1) is 16.4. The third kappa shape index (κ3) is 5.45. The van der Waals surface area contributed by atoms with Gasteiger partial charge in [0.2, 0.25) is 5.88 Å². The Balaban J connectivity index is 1.58. The maximum atomic E-state index is 12.8. The summed E-state index contributed by atoms with van der Waals surface area (Å²) in [6.45, 7) is 0.866. The molecule has 0 fully saturated rings. The monoisotopic (exact) mass is 471 g/mol. The normalized spacial score (nSPS) is 10.9. The van der Waals surface area contributed by atoms with E-state index in [0.29, 0.717) is 22.2 Å². The predicted octanol–water partition coefficient (Wildman–Crippen LogP) is 6.39. The second-order valence-corrected chi connectivity index (χ2v) is 8.62. The van der Waals surface area contributed by atoms with Crippen LogP contribution in [0.15, 0.2) is 85.1 Å². The molecule has 34 heavy (non-hydrogen) atoms. The average Bonchev–Trinajstić information content (AvgIpc) is 2.85. The number of rotatable bonds is 7. The smallest absolute Gasteiger partial charge is 0.255 e. The summed E-state index contributed by atoms with van der Waals surface area (Å²) in [5.74, 6) is 0.249. The van der Waals surface area contributed by atoms with Crippen molar-refractivity contribution < 1.29 is 9.53 Å². The number of nitrogens with zero attached hydrogens (tertiary/aromatic N) is 2. The molecule has 1 aromatic heterocycles. The third-order valence-corrected chi connectivity index (χ3v) is 5.77. The standard InChI is InChI=1S/C28H26ClN3O2/c1-32(2)18-22-6-4-5-7-24(22)19-8-10-20(11-9-19)25-16-21(12-14-26(25)29)28(33)31-23-13-15-27(34-3)30-17-23/h4-17H,18H2,1-3H3,(H,31,33). The van der Waals surface area contributed by atoms with Crippen LogP contribution < -0.4 is 10.1 Å². The predicted molar refractivity (Wildman–Crippen MR) is 138 cm³/mol. The Morgan fingerprint density at radius 1 is 0.941 bits per heavy atom. The molecule has 0 aliphatic heterocycles. The second-order valence-electron chi connectivity index (χ2n) is 8.21. The van der Waals surface area contributed by atoms with E-state index in [-0.39, 0.29) is 5.91 Å². The number of aromatic nitrogens is 1. The van der Waals surface area contributed by atoms with Gasteiger partial charge in [-0.1, -0.05) is 60.1 Å². The highest BCUT2D eigenvalue weighted by Gasteiger charge is 2.12. The van der Waals surface area contributed by atoms with Crippen molar-refractivity contribution in [2.75, 3.05) is 26.5 Å². The molecule has 1 amide bonds. The summed E-state index contributed by atoms with van der Waals surface area (Å²) in [6.07, 6.45) is 1.56. The molecule has 0 atom stereocenters. The molecule has 0 aliphatic carbocycles. The number of carbonyl (C=O) groups is 1. The number of amides is 1. The number of nitrogens with one attached hydrogen (secondary N) is 1. The van der Waals surface area contributed by atoms with E-state index in [1.54, 1.807) is 37.6 Å². The van der Waals surface area contributed by atoms with Crippen LogP contribution in [0.5, 0.6) is 5.88 Å². The Morgan fingerprint density at radius 2 is 1.65 bits per heavy atom. The van der Waals surface area contributed by atoms with Gasteiger partial charge in [0.1, 0.15) is 0 Å². The van der Waals surface area contributed by atoms with Crippen LogP contribution in [0.1, 0.15) is 15.9 Å². The average molecular weight is 472 g/mol. The summed E-state index contributed by atoms with van der Waals surface area (Å²) >= 11 is 6.51. The van der Waals surface area contributed by atoms with Gasteiger partial charge in [-0.3, -0.25) is 4.79 Å². The molecular formula is C28H26ClN3O2. The van der Waals surface area contributed by atoms with Gasteiger partial charge >= 0.3 is 0 Å². The SMILES string of the molecule is COc1ccc(NC(=O)c2ccc(Cl)c(-c3ccc(-c4ccccc4CN(C)C)cc3)c2)cn1. The molecule has 6 heteroatoms. The molecule has 172 valence electrons. The Labute approximate surface area is 205 Å². The van der Waals surface area contributed by atoms with Crippen LogP contribution >= 0.6 is 11.6 Å². The lowest BCUT2D eigenvalue weighted by Crippen LogP contribution is -2.12. The van der Waals surface area contributed by atoms with E-state index >= 15 is 0 Å². The highest BCUT2D eigenvalue weighted by atomic mass is 35.5. The van der Waals surface area contributed by atoms with Gasteiger partial charge in [0.15, 0.2) is 0 Å². The van der Waals surface area contributed by atoms with Crippen LogP contribution in [0, 0.1) is 0 Å². The lowest BCUT2D eigenvalue weighted by molar-refractivity contribution is 0.102. The maximum Gasteiger partial charge on any atom is 0.255 e. The van der Waals surface area contributed by atoms with Crippen molar-refractivity contribution >= 4 is 23.2 Å². The van der Waals surface area contributed by atoms with Crippen LogP contribution in [-0.2, 0) is 6.54 Å². The van der Waals surface area contributed by atoms with Gasteiger partial charge in [0.05, 0.1) is 19.0 Å². The molecule has 4 rings (SSSR count). The van der Waals surface area contributed by atoms with Gasteiger partial charge in [-0.15, -0.1) is 0 Å². The molecule has 0 spiro atoms. The Bertz CT molecular complexity index is 1290. The highest BCUT2D eigenvalue weighted by Crippen LogP contribution is 2.32. The minimum absolute atomic E-state index is 0.237. The number of benzene rings is 3. The minimum Gasteiger partial charge on any atom is -0.481 e. The highest BCUT2D eigenvalue weighted by molar-refractivity contribution is 6.33. The fourth-order valence-electron chi connectivity index (χ4n) is 3.78. The summed E-state index contributed by atoms with van der Waals surface area (Å²) in [5.41, 5.74) is 6.45. The number of hydrogen-bond acceptors (Lipinski definition) is 4. The minimum atomic E-state index is -0.237. The van der Waals surface area contributed by atoms with E-state index in [1.807, 2.05) is 18.2 Å². The number of ether oxygens (including phenoxy) is 1. The van der Waals surface area contributed by atoms with Crippen molar-refractivity contribution in [2.24, 2.45) is 0 Å². The number of anilines is 1. The van der Waals surface area contributed by atoms with Crippen molar-refractivity contribution in [1.82, 2.24) is 9.88 Å². The Morgan fingerprint density at radius 3 is 2.29 bits per heavy atom. The lowest BCUT2D eigenvalue weighted by Gasteiger charge is -2.15. The zero-order valence-corrected chi connectivity index (χ0v) is 20.1. The van der Waals surface area contributed by atoms with E-state index in [2.05, 4.69) is 65.7 Å². The van der Waals surface area contributed by atoms with Crippen LogP contribution in [-0.4, -0.2) is 37.0 Å². The number of hydrogen-bond donors (Lipinski definition) is 1. The molecule has 0 unspecified atom stereocenters. The van der Waals surface area contributed by atoms with Crippen molar-refractivity contribution in [3.63, 3.8) is 0 Å². The number of pyridine rings is 1. The molecule has 3 aromatic carbocycles. The zero-order chi connectivity index (χ0) is 24.1. The molecule has 1 N–H and O–H groups in total. The summed E-state index contributed by atoms with van der Waals surface area (Å²) in [5, 5.41) is 3.44. The van der Waals surface area contributed by atoms with Crippen LogP contribution in [0.3, 0.4) is 0 Å². The van der Waals surface area contributed by atoms with E-state index in [4.69, 9.17) is 16.3 Å². The maximum absolute atomic E-state index is 12.8. The Hall–Kier alpha value is -3.67. The van der Waals surface area contributed by atoms with Crippen LogP contribution in [0.4, 0.5) is 5.69 Å². The van der Waals surface area contributed by atoms with Gasteiger partial charge in [0.25, 0.3) is 5.91 Å². The number of methoxy groups -OCH3 is 1. The first-order valence-corrected chi connectivity index (χ1v) is 11.3. The van der Waals surface area contributed by atoms with Gasteiger partial charge < -0.3 is 15.0 Å². The van der Waals surface area contributed by atoms with E-state index < -0.39 is 0 Å². The molecular weight excluding hydrogens is 446 g/mol. The Kier molecular flexibility index (Phi) is 7.26. The molecule has 0 saturated heterocycles. The first-order valence-electron chi connectivity index (χ1n) is 10.9. The van der Waals surface area contributed by atoms with Crippen molar-refractivity contribution in [1.29, 1.82) is 0 Å². The third-order valence-electron chi connectivity index (χ3n) is 5.44.